The third kappa shape index (κ3) is 1.93. The van der Waals surface area contributed by atoms with E-state index >= 15 is 0 Å². The molecule has 1 aliphatic rings. The molecule has 0 fully saturated rings. The van der Waals surface area contributed by atoms with E-state index in [0.29, 0.717) is 0 Å². The second kappa shape index (κ2) is 5.20. The smallest absolute Gasteiger partial charge is 0.144 e. The van der Waals surface area contributed by atoms with Gasteiger partial charge in [0.25, 0.3) is 0 Å². The molecule has 4 aromatic rings. The van der Waals surface area contributed by atoms with Gasteiger partial charge in [0.05, 0.1) is 0 Å². The topological polar surface area (TPSA) is 17.8 Å². The largest absolute Gasteiger partial charge is 0.300 e. The molecule has 1 aliphatic carbocycles. The van der Waals surface area contributed by atoms with Gasteiger partial charge in [0.2, 0.25) is 0 Å². The maximum Gasteiger partial charge on any atom is 0.144 e. The zero-order valence-corrected chi connectivity index (χ0v) is 13.2. The van der Waals surface area contributed by atoms with E-state index < -0.39 is 0 Å². The van der Waals surface area contributed by atoms with E-state index in [0.717, 1.165) is 17.9 Å². The van der Waals surface area contributed by atoms with Crippen molar-refractivity contribution >= 4 is 0 Å². The van der Waals surface area contributed by atoms with Crippen LogP contribution in [0.2, 0.25) is 0 Å². The Labute approximate surface area is 141 Å². The van der Waals surface area contributed by atoms with E-state index in [1.807, 2.05) is 18.5 Å². The minimum atomic E-state index is 0.976. The predicted molar refractivity (Wildman–Crippen MR) is 97.2 cm³/mol. The fraction of sp³-hybridized carbons (Fsp3) is 0.0455. The van der Waals surface area contributed by atoms with Crippen molar-refractivity contribution in [2.75, 3.05) is 0 Å². The Hall–Kier alpha value is -3.13. The summed E-state index contributed by atoms with van der Waals surface area (Å²) in [6, 6.07) is 25.6. The van der Waals surface area contributed by atoms with Crippen molar-refractivity contribution in [1.82, 2.24) is 9.55 Å². The van der Waals surface area contributed by atoms with Crippen molar-refractivity contribution in [2.45, 2.75) is 6.42 Å². The molecule has 0 saturated carbocycles. The van der Waals surface area contributed by atoms with Crippen LogP contribution in [0.4, 0.5) is 0 Å². The Balaban J connectivity index is 1.70. The van der Waals surface area contributed by atoms with Crippen molar-refractivity contribution in [3.05, 3.63) is 96.3 Å². The second-order valence-corrected chi connectivity index (χ2v) is 6.12. The monoisotopic (exact) mass is 308 g/mol. The van der Waals surface area contributed by atoms with Gasteiger partial charge in [-0.3, -0.25) is 4.57 Å². The number of rotatable bonds is 2. The molecule has 0 amide bonds. The van der Waals surface area contributed by atoms with E-state index in [-0.39, 0.29) is 0 Å². The van der Waals surface area contributed by atoms with Gasteiger partial charge in [-0.15, -0.1) is 0 Å². The number of fused-ring (bicyclic) bond motifs is 3. The Morgan fingerprint density at radius 2 is 1.46 bits per heavy atom. The summed E-state index contributed by atoms with van der Waals surface area (Å²) in [7, 11) is 0. The molecule has 0 N–H and O–H groups in total. The van der Waals surface area contributed by atoms with Gasteiger partial charge >= 0.3 is 0 Å². The fourth-order valence-electron chi connectivity index (χ4n) is 3.67. The van der Waals surface area contributed by atoms with Gasteiger partial charge < -0.3 is 0 Å². The zero-order chi connectivity index (χ0) is 15.9. The lowest BCUT2D eigenvalue weighted by Crippen LogP contribution is -1.98. The summed E-state index contributed by atoms with van der Waals surface area (Å²) in [6.45, 7) is 0. The highest BCUT2D eigenvalue weighted by Crippen LogP contribution is 2.41. The summed E-state index contributed by atoms with van der Waals surface area (Å²) >= 11 is 0. The van der Waals surface area contributed by atoms with E-state index in [2.05, 4.69) is 76.3 Å². The van der Waals surface area contributed by atoms with Gasteiger partial charge in [0.1, 0.15) is 5.82 Å². The predicted octanol–water partition coefficient (Wildman–Crippen LogP) is 5.11. The highest BCUT2D eigenvalue weighted by molar-refractivity contribution is 5.83. The molecule has 0 unspecified atom stereocenters. The standard InChI is InChI=1S/C22H16N2/c1-2-8-17(9-3-1)24-14-13-23-22(24)20-12-6-11-19-18-10-5-4-7-16(18)15-21(19)20/h1-14H,15H2. The van der Waals surface area contributed by atoms with Crippen LogP contribution >= 0.6 is 0 Å². The number of aromatic nitrogens is 2. The van der Waals surface area contributed by atoms with Gasteiger partial charge in [-0.25, -0.2) is 4.98 Å². The Morgan fingerprint density at radius 1 is 0.708 bits per heavy atom. The first-order valence-electron chi connectivity index (χ1n) is 8.21. The number of hydrogen-bond donors (Lipinski definition) is 0. The molecule has 3 aromatic carbocycles. The Morgan fingerprint density at radius 3 is 2.38 bits per heavy atom. The molecular formula is C22H16N2. The molecule has 5 rings (SSSR count). The first kappa shape index (κ1) is 13.3. The molecule has 24 heavy (non-hydrogen) atoms. The van der Waals surface area contributed by atoms with Crippen LogP contribution in [0, 0.1) is 0 Å². The van der Waals surface area contributed by atoms with Crippen LogP contribution in [0.5, 0.6) is 0 Å². The van der Waals surface area contributed by atoms with E-state index in [4.69, 9.17) is 0 Å². The molecule has 1 aromatic heterocycles. The lowest BCUT2D eigenvalue weighted by molar-refractivity contribution is 1.06. The highest BCUT2D eigenvalue weighted by atomic mass is 15.1. The van der Waals surface area contributed by atoms with Gasteiger partial charge in [0.15, 0.2) is 0 Å². The number of imidazole rings is 1. The molecule has 0 atom stereocenters. The lowest BCUT2D eigenvalue weighted by atomic mass is 10.0. The van der Waals surface area contributed by atoms with E-state index in [1.54, 1.807) is 0 Å². The van der Waals surface area contributed by atoms with Crippen molar-refractivity contribution < 1.29 is 0 Å². The van der Waals surface area contributed by atoms with Gasteiger partial charge in [-0.1, -0.05) is 60.7 Å². The normalized spacial score (nSPS) is 12.0. The summed E-state index contributed by atoms with van der Waals surface area (Å²) < 4.78 is 2.17. The maximum atomic E-state index is 4.67. The average molecular weight is 308 g/mol. The van der Waals surface area contributed by atoms with Gasteiger partial charge in [-0.05, 0) is 40.8 Å². The molecule has 0 bridgehead atoms. The minimum absolute atomic E-state index is 0.976. The third-order valence-corrected chi connectivity index (χ3v) is 4.77. The maximum absolute atomic E-state index is 4.67. The van der Waals surface area contributed by atoms with Crippen LogP contribution in [0.1, 0.15) is 11.1 Å². The van der Waals surface area contributed by atoms with Crippen LogP contribution in [-0.2, 0) is 6.42 Å². The van der Waals surface area contributed by atoms with Crippen LogP contribution < -0.4 is 0 Å². The van der Waals surface area contributed by atoms with Gasteiger partial charge in [0, 0.05) is 23.6 Å². The summed E-state index contributed by atoms with van der Waals surface area (Å²) in [5.41, 5.74) is 7.83. The summed E-state index contributed by atoms with van der Waals surface area (Å²) in [4.78, 5) is 4.67. The molecule has 2 nitrogen and oxygen atoms in total. The van der Waals surface area contributed by atoms with Crippen LogP contribution in [-0.4, -0.2) is 9.55 Å². The van der Waals surface area contributed by atoms with Crippen LogP contribution in [0.3, 0.4) is 0 Å². The Kier molecular flexibility index (Phi) is 2.89. The van der Waals surface area contributed by atoms with Crippen LogP contribution in [0.15, 0.2) is 85.2 Å². The summed E-state index contributed by atoms with van der Waals surface area (Å²) in [5, 5.41) is 0. The second-order valence-electron chi connectivity index (χ2n) is 6.12. The van der Waals surface area contributed by atoms with E-state index in [9.17, 15) is 0 Å². The summed E-state index contributed by atoms with van der Waals surface area (Å²) in [5.74, 6) is 1.01. The van der Waals surface area contributed by atoms with Crippen molar-refractivity contribution in [1.29, 1.82) is 0 Å². The molecular weight excluding hydrogens is 292 g/mol. The number of nitrogens with zero attached hydrogens (tertiary/aromatic N) is 2. The molecule has 2 heteroatoms. The quantitative estimate of drug-likeness (QED) is 0.443. The molecule has 0 aliphatic heterocycles. The highest BCUT2D eigenvalue weighted by Gasteiger charge is 2.22. The Bertz CT molecular complexity index is 1030. The third-order valence-electron chi connectivity index (χ3n) is 4.77. The SMILES string of the molecule is c1ccc(-n2ccnc2-c2cccc3c2Cc2ccccc2-3)cc1. The van der Waals surface area contributed by atoms with E-state index in [1.165, 1.54) is 27.8 Å². The first-order valence-corrected chi connectivity index (χ1v) is 8.21. The number of hydrogen-bond acceptors (Lipinski definition) is 1. The number of benzene rings is 3. The summed E-state index contributed by atoms with van der Waals surface area (Å²) in [6.07, 6.45) is 4.89. The first-order chi connectivity index (χ1) is 11.9. The minimum Gasteiger partial charge on any atom is -0.300 e. The fourth-order valence-corrected chi connectivity index (χ4v) is 3.67. The average Bonchev–Trinajstić information content (AvgIpc) is 3.27. The molecule has 1 heterocycles. The van der Waals surface area contributed by atoms with Gasteiger partial charge in [-0.2, -0.15) is 0 Å². The van der Waals surface area contributed by atoms with Crippen molar-refractivity contribution in [3.63, 3.8) is 0 Å². The molecule has 0 spiro atoms. The van der Waals surface area contributed by atoms with Crippen molar-refractivity contribution in [2.24, 2.45) is 0 Å². The lowest BCUT2D eigenvalue weighted by Gasteiger charge is -2.11. The molecule has 114 valence electrons. The molecule has 0 saturated heterocycles. The van der Waals surface area contributed by atoms with Crippen LogP contribution in [0.25, 0.3) is 28.2 Å². The molecule has 0 radical (unpaired) electrons. The van der Waals surface area contributed by atoms with Crippen molar-refractivity contribution in [3.8, 4) is 28.2 Å². The number of para-hydroxylation sites is 1. The zero-order valence-electron chi connectivity index (χ0n) is 13.2.